The lowest BCUT2D eigenvalue weighted by Gasteiger charge is -2.13. The number of carboxylic acids is 1. The minimum absolute atomic E-state index is 0.0647. The Morgan fingerprint density at radius 2 is 1.90 bits per heavy atom. The molecule has 150 valence electrons. The first-order chi connectivity index (χ1) is 14.4. The lowest BCUT2D eigenvalue weighted by molar-refractivity contribution is -0.117. The highest BCUT2D eigenvalue weighted by molar-refractivity contribution is 6.33. The quantitative estimate of drug-likeness (QED) is 0.427. The molecule has 3 rings (SSSR count). The smallest absolute Gasteiger partial charge is 0.335 e. The van der Waals surface area contributed by atoms with Gasteiger partial charge in [-0.15, -0.1) is 0 Å². The number of amides is 1. The van der Waals surface area contributed by atoms with Crippen LogP contribution in [-0.4, -0.2) is 17.0 Å². The molecule has 1 amide bonds. The SMILES string of the molecule is C[C@H](NC(=O)/C(C#N)=C\c1ccc(-c2cc(C(=O)O)ccc2Cl)o1)c1ccccc1. The van der Waals surface area contributed by atoms with Crippen molar-refractivity contribution in [2.24, 2.45) is 0 Å². The number of carboxylic acid groups (broad SMARTS) is 1. The van der Waals surface area contributed by atoms with Crippen molar-refractivity contribution in [1.82, 2.24) is 5.32 Å². The van der Waals surface area contributed by atoms with Crippen molar-refractivity contribution >= 4 is 29.6 Å². The average molecular weight is 421 g/mol. The van der Waals surface area contributed by atoms with Crippen molar-refractivity contribution in [3.05, 3.63) is 88.1 Å². The maximum atomic E-state index is 12.5. The van der Waals surface area contributed by atoms with E-state index in [1.165, 1.54) is 24.3 Å². The molecule has 0 fully saturated rings. The van der Waals surface area contributed by atoms with Gasteiger partial charge in [0.1, 0.15) is 23.2 Å². The number of nitrogens with zero attached hydrogens (tertiary/aromatic N) is 1. The van der Waals surface area contributed by atoms with Crippen LogP contribution >= 0.6 is 11.6 Å². The third-order valence-corrected chi connectivity index (χ3v) is 4.73. The molecule has 1 aromatic heterocycles. The number of hydrogen-bond donors (Lipinski definition) is 2. The molecule has 2 aromatic carbocycles. The molecule has 0 aliphatic rings. The van der Waals surface area contributed by atoms with E-state index in [1.807, 2.05) is 43.3 Å². The van der Waals surface area contributed by atoms with Gasteiger partial charge in [-0.05, 0) is 42.8 Å². The van der Waals surface area contributed by atoms with Crippen molar-refractivity contribution in [2.45, 2.75) is 13.0 Å². The fourth-order valence-corrected chi connectivity index (χ4v) is 3.02. The highest BCUT2D eigenvalue weighted by Crippen LogP contribution is 2.31. The van der Waals surface area contributed by atoms with E-state index >= 15 is 0 Å². The summed E-state index contributed by atoms with van der Waals surface area (Å²) in [5.41, 5.74) is 1.26. The Hall–Kier alpha value is -3.82. The van der Waals surface area contributed by atoms with E-state index < -0.39 is 11.9 Å². The van der Waals surface area contributed by atoms with Crippen LogP contribution in [0.25, 0.3) is 17.4 Å². The number of benzene rings is 2. The second-order valence-corrected chi connectivity index (χ2v) is 6.88. The summed E-state index contributed by atoms with van der Waals surface area (Å²) in [5, 5.41) is 21.7. The summed E-state index contributed by atoms with van der Waals surface area (Å²) in [7, 11) is 0. The number of furan rings is 1. The zero-order valence-electron chi connectivity index (χ0n) is 15.9. The first-order valence-electron chi connectivity index (χ1n) is 8.99. The summed E-state index contributed by atoms with van der Waals surface area (Å²) in [4.78, 5) is 23.7. The maximum Gasteiger partial charge on any atom is 0.335 e. The molecule has 0 unspecified atom stereocenters. The van der Waals surface area contributed by atoms with E-state index in [1.54, 1.807) is 12.1 Å². The van der Waals surface area contributed by atoms with Crippen molar-refractivity contribution in [3.8, 4) is 17.4 Å². The van der Waals surface area contributed by atoms with Gasteiger partial charge >= 0.3 is 5.97 Å². The largest absolute Gasteiger partial charge is 0.478 e. The zero-order chi connectivity index (χ0) is 21.7. The lowest BCUT2D eigenvalue weighted by Crippen LogP contribution is -2.27. The number of halogens is 1. The molecule has 0 saturated carbocycles. The second-order valence-electron chi connectivity index (χ2n) is 6.48. The van der Waals surface area contributed by atoms with Gasteiger partial charge in [0.25, 0.3) is 5.91 Å². The molecule has 2 N–H and O–H groups in total. The molecule has 0 aliphatic carbocycles. The molecule has 0 spiro atoms. The summed E-state index contributed by atoms with van der Waals surface area (Å²) < 4.78 is 5.67. The van der Waals surface area contributed by atoms with E-state index in [9.17, 15) is 14.9 Å². The Morgan fingerprint density at radius 3 is 2.57 bits per heavy atom. The van der Waals surface area contributed by atoms with Crippen LogP contribution in [0.4, 0.5) is 0 Å². The highest BCUT2D eigenvalue weighted by Gasteiger charge is 2.16. The van der Waals surface area contributed by atoms with Gasteiger partial charge in [-0.3, -0.25) is 4.79 Å². The van der Waals surface area contributed by atoms with Crippen LogP contribution < -0.4 is 5.32 Å². The first kappa shape index (κ1) is 20.9. The average Bonchev–Trinajstić information content (AvgIpc) is 3.21. The van der Waals surface area contributed by atoms with Crippen LogP contribution in [0.1, 0.15) is 34.6 Å². The van der Waals surface area contributed by atoms with Crippen LogP contribution in [0.2, 0.25) is 5.02 Å². The molecule has 30 heavy (non-hydrogen) atoms. The third-order valence-electron chi connectivity index (χ3n) is 4.40. The Labute approximate surface area is 178 Å². The molecular weight excluding hydrogens is 404 g/mol. The van der Waals surface area contributed by atoms with Gasteiger partial charge in [-0.1, -0.05) is 41.9 Å². The third kappa shape index (κ3) is 4.77. The zero-order valence-corrected chi connectivity index (χ0v) is 16.7. The van der Waals surface area contributed by atoms with Crippen molar-refractivity contribution in [3.63, 3.8) is 0 Å². The number of rotatable bonds is 6. The van der Waals surface area contributed by atoms with Crippen molar-refractivity contribution < 1.29 is 19.1 Å². The van der Waals surface area contributed by atoms with E-state index in [0.717, 1.165) is 5.56 Å². The van der Waals surface area contributed by atoms with Crippen LogP contribution in [0.15, 0.2) is 70.7 Å². The van der Waals surface area contributed by atoms with E-state index in [2.05, 4.69) is 5.32 Å². The van der Waals surface area contributed by atoms with Crippen LogP contribution in [0.5, 0.6) is 0 Å². The lowest BCUT2D eigenvalue weighted by atomic mass is 10.1. The molecule has 0 aliphatic heterocycles. The van der Waals surface area contributed by atoms with Gasteiger partial charge in [0.05, 0.1) is 16.6 Å². The molecule has 0 saturated heterocycles. The Balaban J connectivity index is 1.82. The number of nitriles is 1. The fourth-order valence-electron chi connectivity index (χ4n) is 2.81. The molecule has 0 radical (unpaired) electrons. The Morgan fingerprint density at radius 1 is 1.17 bits per heavy atom. The van der Waals surface area contributed by atoms with Gasteiger partial charge in [0.2, 0.25) is 0 Å². The van der Waals surface area contributed by atoms with Crippen LogP contribution in [-0.2, 0) is 4.79 Å². The maximum absolute atomic E-state index is 12.5. The van der Waals surface area contributed by atoms with Crippen LogP contribution in [0.3, 0.4) is 0 Å². The molecule has 1 atom stereocenters. The van der Waals surface area contributed by atoms with Gasteiger partial charge in [-0.25, -0.2) is 4.79 Å². The molecule has 3 aromatic rings. The van der Waals surface area contributed by atoms with Crippen molar-refractivity contribution in [2.75, 3.05) is 0 Å². The normalized spacial score (nSPS) is 12.1. The van der Waals surface area contributed by atoms with Gasteiger partial charge < -0.3 is 14.8 Å². The summed E-state index contributed by atoms with van der Waals surface area (Å²) >= 11 is 6.16. The minimum Gasteiger partial charge on any atom is -0.478 e. The molecular formula is C23H17ClN2O4. The van der Waals surface area contributed by atoms with Gasteiger partial charge in [0.15, 0.2) is 0 Å². The van der Waals surface area contributed by atoms with Gasteiger partial charge in [-0.2, -0.15) is 5.26 Å². The second kappa shape index (κ2) is 9.12. The molecule has 7 heteroatoms. The summed E-state index contributed by atoms with van der Waals surface area (Å²) in [6.45, 7) is 1.82. The number of aromatic carboxylic acids is 1. The number of nitrogens with one attached hydrogen (secondary N) is 1. The first-order valence-corrected chi connectivity index (χ1v) is 9.37. The number of carbonyl (C=O) groups is 2. The predicted molar refractivity (Wildman–Crippen MR) is 113 cm³/mol. The van der Waals surface area contributed by atoms with Gasteiger partial charge in [0, 0.05) is 11.6 Å². The molecule has 6 nitrogen and oxygen atoms in total. The summed E-state index contributed by atoms with van der Waals surface area (Å²) in [6.07, 6.45) is 1.32. The topological polar surface area (TPSA) is 103 Å². The summed E-state index contributed by atoms with van der Waals surface area (Å²) in [6, 6.07) is 18.4. The highest BCUT2D eigenvalue weighted by atomic mass is 35.5. The van der Waals surface area contributed by atoms with E-state index in [4.69, 9.17) is 21.1 Å². The predicted octanol–water partition coefficient (Wildman–Crippen LogP) is 5.08. The Bertz CT molecular complexity index is 1160. The molecule has 0 bridgehead atoms. The van der Waals surface area contributed by atoms with Crippen molar-refractivity contribution in [1.29, 1.82) is 5.26 Å². The van der Waals surface area contributed by atoms with E-state index in [0.29, 0.717) is 16.3 Å². The number of hydrogen-bond acceptors (Lipinski definition) is 4. The standard InChI is InChI=1S/C23H17ClN2O4/c1-14(15-5-3-2-4-6-15)26-22(27)17(13-25)11-18-8-10-21(30-18)19-12-16(23(28)29)7-9-20(19)24/h2-12,14H,1H3,(H,26,27)(H,28,29)/b17-11-/t14-/m0/s1. The summed E-state index contributed by atoms with van der Waals surface area (Å²) in [5.74, 6) is -1.03. The van der Waals surface area contributed by atoms with Crippen LogP contribution in [0, 0.1) is 11.3 Å². The minimum atomic E-state index is -1.09. The number of carbonyl (C=O) groups excluding carboxylic acids is 1. The monoisotopic (exact) mass is 420 g/mol. The molecule has 1 heterocycles. The Kier molecular flexibility index (Phi) is 6.35. The fraction of sp³-hybridized carbons (Fsp3) is 0.0870. The van der Waals surface area contributed by atoms with E-state index in [-0.39, 0.29) is 22.9 Å².